The second kappa shape index (κ2) is 8.17. The van der Waals surface area contributed by atoms with Crippen LogP contribution in [0.3, 0.4) is 0 Å². The fourth-order valence-electron chi connectivity index (χ4n) is 1.52. The molecule has 0 aromatic heterocycles. The van der Waals surface area contributed by atoms with Gasteiger partial charge in [-0.05, 0) is 30.2 Å². The van der Waals surface area contributed by atoms with Crippen molar-refractivity contribution in [3.63, 3.8) is 0 Å². The van der Waals surface area contributed by atoms with Gasteiger partial charge in [-0.25, -0.2) is 12.7 Å². The van der Waals surface area contributed by atoms with E-state index in [-0.39, 0.29) is 18.9 Å². The van der Waals surface area contributed by atoms with E-state index in [1.54, 1.807) is 24.3 Å². The molecule has 0 bridgehead atoms. The zero-order valence-corrected chi connectivity index (χ0v) is 13.5. The average molecular weight is 332 g/mol. The number of esters is 1. The number of carbonyl (C=O) groups is 1. The first-order valence-corrected chi connectivity index (χ1v) is 8.20. The lowest BCUT2D eigenvalue weighted by atomic mass is 10.2. The summed E-state index contributed by atoms with van der Waals surface area (Å²) in [6, 6.07) is 6.83. The molecule has 0 radical (unpaired) electrons. The number of rotatable bonds is 7. The lowest BCUT2D eigenvalue weighted by Gasteiger charge is -2.13. The molecule has 0 aliphatic carbocycles. The number of ether oxygens (including phenoxy) is 1. The van der Waals surface area contributed by atoms with Crippen molar-refractivity contribution in [3.8, 4) is 0 Å². The van der Waals surface area contributed by atoms with Crippen molar-refractivity contribution in [1.29, 1.82) is 0 Å². The zero-order chi connectivity index (χ0) is 15.9. The molecule has 0 N–H and O–H groups in total. The molecule has 0 fully saturated rings. The molecular weight excluding hydrogens is 314 g/mol. The van der Waals surface area contributed by atoms with Crippen LogP contribution in [0, 0.1) is 0 Å². The van der Waals surface area contributed by atoms with E-state index in [0.717, 1.165) is 11.0 Å². The highest BCUT2D eigenvalue weighted by Crippen LogP contribution is 2.12. The van der Waals surface area contributed by atoms with Crippen LogP contribution < -0.4 is 0 Å². The highest BCUT2D eigenvalue weighted by atomic mass is 35.5. The predicted molar refractivity (Wildman–Crippen MR) is 83.3 cm³/mol. The van der Waals surface area contributed by atoms with Gasteiger partial charge in [0, 0.05) is 30.4 Å². The molecule has 0 unspecified atom stereocenters. The molecule has 0 saturated carbocycles. The van der Waals surface area contributed by atoms with Gasteiger partial charge >= 0.3 is 5.97 Å². The molecule has 0 atom stereocenters. The third-order valence-electron chi connectivity index (χ3n) is 2.82. The topological polar surface area (TPSA) is 63.7 Å². The van der Waals surface area contributed by atoms with E-state index in [2.05, 4.69) is 4.74 Å². The standard InChI is InChI=1S/C14H18ClNO4S/c1-16(10-3-4-14(17)20-2)21(18,19)11-9-12-5-7-13(15)8-6-12/h5-9,11H,3-4,10H2,1-2H3/b11-9+. The van der Waals surface area contributed by atoms with Gasteiger partial charge in [0.25, 0.3) is 0 Å². The quantitative estimate of drug-likeness (QED) is 0.720. The van der Waals surface area contributed by atoms with Crippen LogP contribution in [-0.2, 0) is 19.6 Å². The summed E-state index contributed by atoms with van der Waals surface area (Å²) in [7, 11) is -0.731. The second-order valence-corrected chi connectivity index (χ2v) is 6.76. The summed E-state index contributed by atoms with van der Waals surface area (Å²) in [6.07, 6.45) is 2.11. The van der Waals surface area contributed by atoms with Crippen LogP contribution >= 0.6 is 11.6 Å². The Bertz CT molecular complexity index is 596. The molecule has 0 aliphatic heterocycles. The summed E-state index contributed by atoms with van der Waals surface area (Å²) in [5, 5.41) is 1.73. The zero-order valence-electron chi connectivity index (χ0n) is 12.0. The molecule has 0 spiro atoms. The van der Waals surface area contributed by atoms with Gasteiger partial charge in [-0.15, -0.1) is 0 Å². The van der Waals surface area contributed by atoms with E-state index in [4.69, 9.17) is 11.6 Å². The van der Waals surface area contributed by atoms with Gasteiger partial charge in [0.2, 0.25) is 10.0 Å². The van der Waals surface area contributed by atoms with Gasteiger partial charge < -0.3 is 4.74 Å². The molecule has 1 aromatic carbocycles. The van der Waals surface area contributed by atoms with E-state index < -0.39 is 10.0 Å². The molecule has 0 heterocycles. The van der Waals surface area contributed by atoms with E-state index in [1.807, 2.05) is 0 Å². The van der Waals surface area contributed by atoms with E-state index in [1.165, 1.54) is 24.5 Å². The van der Waals surface area contributed by atoms with Gasteiger partial charge in [-0.1, -0.05) is 23.7 Å². The number of sulfonamides is 1. The van der Waals surface area contributed by atoms with Crippen LogP contribution in [0.1, 0.15) is 18.4 Å². The van der Waals surface area contributed by atoms with Gasteiger partial charge in [-0.3, -0.25) is 4.79 Å². The van der Waals surface area contributed by atoms with E-state index in [9.17, 15) is 13.2 Å². The lowest BCUT2D eigenvalue weighted by molar-refractivity contribution is -0.140. The molecule has 7 heteroatoms. The maximum Gasteiger partial charge on any atom is 0.305 e. The number of methoxy groups -OCH3 is 1. The Labute approximate surface area is 130 Å². The number of carbonyl (C=O) groups excluding carboxylic acids is 1. The largest absolute Gasteiger partial charge is 0.469 e. The molecule has 0 aliphatic rings. The Hall–Kier alpha value is -1.37. The van der Waals surface area contributed by atoms with Crippen LogP contribution in [0.5, 0.6) is 0 Å². The Balaban J connectivity index is 2.59. The maximum atomic E-state index is 12.0. The van der Waals surface area contributed by atoms with Gasteiger partial charge in [0.05, 0.1) is 7.11 Å². The minimum absolute atomic E-state index is 0.192. The summed E-state index contributed by atoms with van der Waals surface area (Å²) in [6.45, 7) is 0.252. The summed E-state index contributed by atoms with van der Waals surface area (Å²) >= 11 is 5.76. The van der Waals surface area contributed by atoms with Crippen LogP contribution in [0.15, 0.2) is 29.7 Å². The molecule has 21 heavy (non-hydrogen) atoms. The fraction of sp³-hybridized carbons (Fsp3) is 0.357. The predicted octanol–water partition coefficient (Wildman–Crippen LogP) is 2.53. The van der Waals surface area contributed by atoms with E-state index >= 15 is 0 Å². The molecular formula is C14H18ClNO4S. The van der Waals surface area contributed by atoms with Gasteiger partial charge in [0.1, 0.15) is 0 Å². The highest BCUT2D eigenvalue weighted by Gasteiger charge is 2.14. The number of hydrogen-bond donors (Lipinski definition) is 0. The Morgan fingerprint density at radius 1 is 1.33 bits per heavy atom. The third kappa shape index (κ3) is 6.29. The molecule has 0 amide bonds. The molecule has 1 rings (SSSR count). The first kappa shape index (κ1) is 17.7. The van der Waals surface area contributed by atoms with Crippen LogP contribution in [0.2, 0.25) is 5.02 Å². The van der Waals surface area contributed by atoms with Gasteiger partial charge in [0.15, 0.2) is 0 Å². The Morgan fingerprint density at radius 2 is 1.95 bits per heavy atom. The Morgan fingerprint density at radius 3 is 2.52 bits per heavy atom. The highest BCUT2D eigenvalue weighted by molar-refractivity contribution is 7.92. The van der Waals surface area contributed by atoms with Gasteiger partial charge in [-0.2, -0.15) is 0 Å². The summed E-state index contributed by atoms with van der Waals surface area (Å²) < 4.78 is 29.7. The van der Waals surface area contributed by atoms with Crippen molar-refractivity contribution in [2.75, 3.05) is 20.7 Å². The van der Waals surface area contributed by atoms with Crippen molar-refractivity contribution in [2.24, 2.45) is 0 Å². The number of hydrogen-bond acceptors (Lipinski definition) is 4. The van der Waals surface area contributed by atoms with Crippen molar-refractivity contribution in [3.05, 3.63) is 40.3 Å². The van der Waals surface area contributed by atoms with Crippen molar-refractivity contribution < 1.29 is 17.9 Å². The number of halogens is 1. The van der Waals surface area contributed by atoms with Crippen LogP contribution in [-0.4, -0.2) is 39.4 Å². The maximum absolute atomic E-state index is 12.0. The van der Waals surface area contributed by atoms with E-state index in [0.29, 0.717) is 11.4 Å². The first-order valence-electron chi connectivity index (χ1n) is 6.32. The fourth-order valence-corrected chi connectivity index (χ4v) is 2.56. The number of nitrogens with zero attached hydrogens (tertiary/aromatic N) is 1. The minimum Gasteiger partial charge on any atom is -0.469 e. The summed E-state index contributed by atoms with van der Waals surface area (Å²) in [4.78, 5) is 11.0. The SMILES string of the molecule is COC(=O)CCCN(C)S(=O)(=O)/C=C/c1ccc(Cl)cc1. The van der Waals surface area contributed by atoms with Crippen LogP contribution in [0.25, 0.3) is 6.08 Å². The Kier molecular flexibility index (Phi) is 6.87. The number of benzene rings is 1. The van der Waals surface area contributed by atoms with Crippen molar-refractivity contribution >= 4 is 33.7 Å². The third-order valence-corrected chi connectivity index (χ3v) is 4.60. The first-order chi connectivity index (χ1) is 9.85. The monoisotopic (exact) mass is 331 g/mol. The smallest absolute Gasteiger partial charge is 0.305 e. The summed E-state index contributed by atoms with van der Waals surface area (Å²) in [5.74, 6) is -0.350. The lowest BCUT2D eigenvalue weighted by Crippen LogP contribution is -2.26. The molecule has 0 saturated heterocycles. The summed E-state index contributed by atoms with van der Waals surface area (Å²) in [5.41, 5.74) is 0.742. The minimum atomic E-state index is -3.51. The molecule has 1 aromatic rings. The average Bonchev–Trinajstić information content (AvgIpc) is 2.46. The van der Waals surface area contributed by atoms with Crippen molar-refractivity contribution in [2.45, 2.75) is 12.8 Å². The van der Waals surface area contributed by atoms with Crippen LogP contribution in [0.4, 0.5) is 0 Å². The van der Waals surface area contributed by atoms with Crippen molar-refractivity contribution in [1.82, 2.24) is 4.31 Å². The molecule has 116 valence electrons. The normalized spacial score (nSPS) is 12.0. The molecule has 5 nitrogen and oxygen atoms in total. The second-order valence-electron chi connectivity index (χ2n) is 4.40.